The smallest absolute Gasteiger partial charge is 0.0242 e. The molecule has 0 aliphatic heterocycles. The van der Waals surface area contributed by atoms with E-state index in [-0.39, 0.29) is 0 Å². The molecule has 1 aromatic heterocycles. The third kappa shape index (κ3) is 4.78. The summed E-state index contributed by atoms with van der Waals surface area (Å²) in [5.41, 5.74) is 1.40. The molecule has 2 nitrogen and oxygen atoms in total. The van der Waals surface area contributed by atoms with Crippen LogP contribution in [0.4, 0.5) is 0 Å². The summed E-state index contributed by atoms with van der Waals surface area (Å²) in [7, 11) is 4.38. The third-order valence-electron chi connectivity index (χ3n) is 3.52. The van der Waals surface area contributed by atoms with E-state index in [4.69, 9.17) is 0 Å². The first-order valence-corrected chi connectivity index (χ1v) is 7.51. The highest BCUT2D eigenvalue weighted by molar-refractivity contribution is 7.07. The number of hydrogen-bond acceptors (Lipinski definition) is 3. The average Bonchev–Trinajstić information content (AvgIpc) is 2.81. The summed E-state index contributed by atoms with van der Waals surface area (Å²) >= 11 is 1.77. The van der Waals surface area contributed by atoms with Gasteiger partial charge >= 0.3 is 0 Å². The molecule has 98 valence electrons. The van der Waals surface area contributed by atoms with Crippen molar-refractivity contribution >= 4 is 11.3 Å². The molecule has 0 aliphatic rings. The van der Waals surface area contributed by atoms with Crippen molar-refractivity contribution in [2.24, 2.45) is 5.92 Å². The summed E-state index contributed by atoms with van der Waals surface area (Å²) in [6.45, 7) is 6.66. The number of hydrogen-bond donors (Lipinski definition) is 1. The van der Waals surface area contributed by atoms with Gasteiger partial charge in [0.05, 0.1) is 0 Å². The molecule has 0 spiro atoms. The Bertz CT molecular complexity index is 278. The highest BCUT2D eigenvalue weighted by atomic mass is 32.1. The molecule has 0 saturated heterocycles. The molecule has 1 heterocycles. The van der Waals surface area contributed by atoms with Gasteiger partial charge in [-0.15, -0.1) is 0 Å². The Morgan fingerprint density at radius 1 is 1.29 bits per heavy atom. The molecule has 0 saturated carbocycles. The molecule has 0 fully saturated rings. The minimum atomic E-state index is 0.642. The van der Waals surface area contributed by atoms with Crippen LogP contribution in [0.15, 0.2) is 16.8 Å². The highest BCUT2D eigenvalue weighted by Crippen LogP contribution is 2.16. The Labute approximate surface area is 110 Å². The van der Waals surface area contributed by atoms with Gasteiger partial charge in [0.25, 0.3) is 0 Å². The van der Waals surface area contributed by atoms with E-state index in [0.717, 1.165) is 19.0 Å². The molecule has 0 bridgehead atoms. The van der Waals surface area contributed by atoms with Crippen LogP contribution >= 0.6 is 11.3 Å². The van der Waals surface area contributed by atoms with Crippen LogP contribution in [0.5, 0.6) is 0 Å². The lowest BCUT2D eigenvalue weighted by Crippen LogP contribution is -2.42. The van der Waals surface area contributed by atoms with Gasteiger partial charge in [-0.1, -0.05) is 26.7 Å². The summed E-state index contributed by atoms with van der Waals surface area (Å²) in [6.07, 6.45) is 2.53. The zero-order valence-electron chi connectivity index (χ0n) is 11.6. The van der Waals surface area contributed by atoms with Crippen LogP contribution < -0.4 is 5.32 Å². The van der Waals surface area contributed by atoms with Crippen molar-refractivity contribution < 1.29 is 0 Å². The maximum absolute atomic E-state index is 3.58. The summed E-state index contributed by atoms with van der Waals surface area (Å²) in [4.78, 5) is 2.36. The van der Waals surface area contributed by atoms with Gasteiger partial charge in [-0.3, -0.25) is 0 Å². The van der Waals surface area contributed by atoms with Crippen LogP contribution in [0.25, 0.3) is 0 Å². The lowest BCUT2D eigenvalue weighted by molar-refractivity contribution is 0.194. The van der Waals surface area contributed by atoms with Crippen molar-refractivity contribution in [2.75, 3.05) is 20.6 Å². The molecule has 17 heavy (non-hydrogen) atoms. The van der Waals surface area contributed by atoms with Crippen molar-refractivity contribution in [1.29, 1.82) is 0 Å². The van der Waals surface area contributed by atoms with E-state index in [0.29, 0.717) is 6.04 Å². The van der Waals surface area contributed by atoms with Crippen LogP contribution in [0.3, 0.4) is 0 Å². The first-order valence-electron chi connectivity index (χ1n) is 6.57. The lowest BCUT2D eigenvalue weighted by atomic mass is 9.93. The van der Waals surface area contributed by atoms with Crippen LogP contribution in [0.2, 0.25) is 0 Å². The number of rotatable bonds is 8. The van der Waals surface area contributed by atoms with Gasteiger partial charge < -0.3 is 10.2 Å². The molecular weight excluding hydrogens is 228 g/mol. The largest absolute Gasteiger partial charge is 0.311 e. The zero-order chi connectivity index (χ0) is 12.7. The predicted molar refractivity (Wildman–Crippen MR) is 77.6 cm³/mol. The fraction of sp³-hybridized carbons (Fsp3) is 0.714. The van der Waals surface area contributed by atoms with Gasteiger partial charge in [0.15, 0.2) is 0 Å². The SMILES string of the molecule is CCC(CC)C(CNCc1ccsc1)N(C)C. The Morgan fingerprint density at radius 2 is 2.00 bits per heavy atom. The first-order chi connectivity index (χ1) is 8.19. The molecule has 0 aliphatic carbocycles. The Balaban J connectivity index is 2.39. The quantitative estimate of drug-likeness (QED) is 0.766. The second kappa shape index (κ2) is 7.85. The van der Waals surface area contributed by atoms with Gasteiger partial charge in [-0.05, 0) is 42.4 Å². The standard InChI is InChI=1S/C14H26N2S/c1-5-13(6-2)14(16(3)4)10-15-9-12-7-8-17-11-12/h7-8,11,13-15H,5-6,9-10H2,1-4H3. The van der Waals surface area contributed by atoms with Crippen molar-refractivity contribution in [3.05, 3.63) is 22.4 Å². The lowest BCUT2D eigenvalue weighted by Gasteiger charge is -2.31. The van der Waals surface area contributed by atoms with Crippen molar-refractivity contribution in [2.45, 2.75) is 39.3 Å². The topological polar surface area (TPSA) is 15.3 Å². The number of thiophene rings is 1. The van der Waals surface area contributed by atoms with Crippen LogP contribution in [-0.2, 0) is 6.54 Å². The summed E-state index contributed by atoms with van der Waals surface area (Å²) < 4.78 is 0. The summed E-state index contributed by atoms with van der Waals surface area (Å²) in [5.74, 6) is 0.792. The molecule has 1 unspecified atom stereocenters. The predicted octanol–water partition coefficient (Wildman–Crippen LogP) is 3.20. The first kappa shape index (κ1) is 14.7. The van der Waals surface area contributed by atoms with E-state index in [1.165, 1.54) is 18.4 Å². The molecule has 1 aromatic rings. The zero-order valence-corrected chi connectivity index (χ0v) is 12.4. The Hall–Kier alpha value is -0.380. The van der Waals surface area contributed by atoms with Gasteiger partial charge in [0.2, 0.25) is 0 Å². The summed E-state index contributed by atoms with van der Waals surface area (Å²) in [6, 6.07) is 2.84. The number of likely N-dealkylation sites (N-methyl/N-ethyl adjacent to an activating group) is 1. The molecule has 1 N–H and O–H groups in total. The summed E-state index contributed by atoms with van der Waals surface area (Å²) in [5, 5.41) is 7.94. The van der Waals surface area contributed by atoms with Crippen molar-refractivity contribution in [3.8, 4) is 0 Å². The van der Waals surface area contributed by atoms with E-state index in [1.54, 1.807) is 11.3 Å². The monoisotopic (exact) mass is 254 g/mol. The maximum atomic E-state index is 3.58. The van der Waals surface area contributed by atoms with Crippen molar-refractivity contribution in [3.63, 3.8) is 0 Å². The minimum absolute atomic E-state index is 0.642. The molecule has 1 rings (SSSR count). The van der Waals surface area contributed by atoms with Gasteiger partial charge in [0, 0.05) is 19.1 Å². The van der Waals surface area contributed by atoms with E-state index in [2.05, 4.69) is 55.0 Å². The normalized spacial score (nSPS) is 13.5. The van der Waals surface area contributed by atoms with E-state index < -0.39 is 0 Å². The third-order valence-corrected chi connectivity index (χ3v) is 4.25. The van der Waals surface area contributed by atoms with Crippen molar-refractivity contribution in [1.82, 2.24) is 10.2 Å². The molecule has 0 amide bonds. The van der Waals surface area contributed by atoms with E-state index in [1.807, 2.05) is 0 Å². The molecule has 3 heteroatoms. The Kier molecular flexibility index (Phi) is 6.78. The second-order valence-electron chi connectivity index (χ2n) is 4.87. The average molecular weight is 254 g/mol. The number of nitrogens with zero attached hydrogens (tertiary/aromatic N) is 1. The molecule has 0 aromatic carbocycles. The second-order valence-corrected chi connectivity index (χ2v) is 5.65. The van der Waals surface area contributed by atoms with Crippen LogP contribution in [-0.4, -0.2) is 31.6 Å². The molecule has 0 radical (unpaired) electrons. The van der Waals surface area contributed by atoms with Gasteiger partial charge in [-0.25, -0.2) is 0 Å². The van der Waals surface area contributed by atoms with Crippen LogP contribution in [0.1, 0.15) is 32.3 Å². The van der Waals surface area contributed by atoms with E-state index in [9.17, 15) is 0 Å². The highest BCUT2D eigenvalue weighted by Gasteiger charge is 2.19. The van der Waals surface area contributed by atoms with Gasteiger partial charge in [-0.2, -0.15) is 11.3 Å². The Morgan fingerprint density at radius 3 is 2.47 bits per heavy atom. The molecule has 1 atom stereocenters. The number of nitrogens with one attached hydrogen (secondary N) is 1. The minimum Gasteiger partial charge on any atom is -0.311 e. The van der Waals surface area contributed by atoms with E-state index >= 15 is 0 Å². The fourth-order valence-corrected chi connectivity index (χ4v) is 3.03. The fourth-order valence-electron chi connectivity index (χ4n) is 2.36. The van der Waals surface area contributed by atoms with Crippen LogP contribution in [0, 0.1) is 5.92 Å². The van der Waals surface area contributed by atoms with Gasteiger partial charge in [0.1, 0.15) is 0 Å². The maximum Gasteiger partial charge on any atom is 0.0242 e. The molecular formula is C14H26N2S.